The van der Waals surface area contributed by atoms with Gasteiger partial charge in [0.2, 0.25) is 0 Å². The summed E-state index contributed by atoms with van der Waals surface area (Å²) in [6.45, 7) is 14.3. The Bertz CT molecular complexity index is 169. The van der Waals surface area contributed by atoms with E-state index in [4.69, 9.17) is 0 Å². The fourth-order valence-electron chi connectivity index (χ4n) is 2.78. The van der Waals surface area contributed by atoms with Crippen molar-refractivity contribution < 1.29 is 0 Å². The summed E-state index contributed by atoms with van der Waals surface area (Å²) in [6.07, 6.45) is 11.4. The van der Waals surface area contributed by atoms with E-state index in [2.05, 4.69) is 41.5 Å². The van der Waals surface area contributed by atoms with Crippen molar-refractivity contribution in [2.24, 2.45) is 23.7 Å². The zero-order valence-corrected chi connectivity index (χ0v) is 14.0. The van der Waals surface area contributed by atoms with Gasteiger partial charge < -0.3 is 0 Å². The molecule has 0 aliphatic rings. The second-order valence-electron chi connectivity index (χ2n) is 7.15. The summed E-state index contributed by atoms with van der Waals surface area (Å²) >= 11 is 0. The maximum Gasteiger partial charge on any atom is -0.0391 e. The molecule has 0 heteroatoms. The van der Waals surface area contributed by atoms with Gasteiger partial charge in [0.15, 0.2) is 0 Å². The zero-order valence-electron chi connectivity index (χ0n) is 14.0. The third kappa shape index (κ3) is 9.97. The molecular formula is C18H38. The van der Waals surface area contributed by atoms with Crippen LogP contribution >= 0.6 is 0 Å². The monoisotopic (exact) mass is 254 g/mol. The van der Waals surface area contributed by atoms with Gasteiger partial charge in [-0.1, -0.05) is 86.5 Å². The van der Waals surface area contributed by atoms with Gasteiger partial charge in [0.05, 0.1) is 0 Å². The standard InChI is InChI=1S/C18H38/c1-7-8-10-17(6)11-9-12-18(16(4)5)14-13-15(2)3/h15-18H,7-14H2,1-6H3. The lowest BCUT2D eigenvalue weighted by Gasteiger charge is -2.22. The van der Waals surface area contributed by atoms with E-state index >= 15 is 0 Å². The van der Waals surface area contributed by atoms with Gasteiger partial charge in [0.25, 0.3) is 0 Å². The van der Waals surface area contributed by atoms with Gasteiger partial charge in [-0.25, -0.2) is 0 Å². The predicted octanol–water partition coefficient (Wildman–Crippen LogP) is 6.69. The molecule has 2 unspecified atom stereocenters. The van der Waals surface area contributed by atoms with Crippen molar-refractivity contribution in [1.82, 2.24) is 0 Å². The minimum absolute atomic E-state index is 0.870. The second kappa shape index (κ2) is 10.9. The average Bonchev–Trinajstić information content (AvgIpc) is 2.30. The number of rotatable bonds is 11. The van der Waals surface area contributed by atoms with Gasteiger partial charge in [-0.05, 0) is 30.1 Å². The highest BCUT2D eigenvalue weighted by atomic mass is 14.2. The Morgan fingerprint density at radius 3 is 1.78 bits per heavy atom. The minimum atomic E-state index is 0.870. The normalized spacial score (nSPS) is 15.3. The summed E-state index contributed by atoms with van der Waals surface area (Å²) in [5.41, 5.74) is 0. The van der Waals surface area contributed by atoms with E-state index in [9.17, 15) is 0 Å². The molecule has 0 spiro atoms. The molecule has 2 atom stereocenters. The summed E-state index contributed by atoms with van der Waals surface area (Å²) in [5, 5.41) is 0. The van der Waals surface area contributed by atoms with Crippen LogP contribution in [0.5, 0.6) is 0 Å². The summed E-state index contributed by atoms with van der Waals surface area (Å²) in [5.74, 6) is 3.65. The number of unbranched alkanes of at least 4 members (excludes halogenated alkanes) is 1. The first-order valence-electron chi connectivity index (χ1n) is 8.47. The highest BCUT2D eigenvalue weighted by molar-refractivity contribution is 4.66. The molecule has 0 heterocycles. The highest BCUT2D eigenvalue weighted by Gasteiger charge is 2.14. The second-order valence-corrected chi connectivity index (χ2v) is 7.15. The van der Waals surface area contributed by atoms with E-state index in [1.165, 1.54) is 51.4 Å². The van der Waals surface area contributed by atoms with Crippen LogP contribution in [-0.2, 0) is 0 Å². The maximum absolute atomic E-state index is 2.44. The first kappa shape index (κ1) is 18.0. The van der Waals surface area contributed by atoms with Crippen LogP contribution in [0.4, 0.5) is 0 Å². The molecule has 0 aromatic carbocycles. The third-order valence-electron chi connectivity index (χ3n) is 4.38. The molecule has 0 saturated heterocycles. The minimum Gasteiger partial charge on any atom is -0.0654 e. The summed E-state index contributed by atoms with van der Waals surface area (Å²) in [7, 11) is 0. The number of hydrogen-bond donors (Lipinski definition) is 0. The predicted molar refractivity (Wildman–Crippen MR) is 84.9 cm³/mol. The average molecular weight is 255 g/mol. The van der Waals surface area contributed by atoms with Crippen molar-refractivity contribution in [1.29, 1.82) is 0 Å². The highest BCUT2D eigenvalue weighted by Crippen LogP contribution is 2.26. The van der Waals surface area contributed by atoms with Crippen LogP contribution in [0.15, 0.2) is 0 Å². The van der Waals surface area contributed by atoms with Crippen LogP contribution in [0.25, 0.3) is 0 Å². The Labute approximate surface area is 117 Å². The smallest absolute Gasteiger partial charge is 0.0391 e. The van der Waals surface area contributed by atoms with Crippen molar-refractivity contribution in [3.63, 3.8) is 0 Å². The first-order chi connectivity index (χ1) is 8.47. The fraction of sp³-hybridized carbons (Fsp3) is 1.00. The van der Waals surface area contributed by atoms with E-state index in [0.717, 1.165) is 23.7 Å². The lowest BCUT2D eigenvalue weighted by atomic mass is 9.84. The molecule has 0 nitrogen and oxygen atoms in total. The van der Waals surface area contributed by atoms with Crippen molar-refractivity contribution >= 4 is 0 Å². The van der Waals surface area contributed by atoms with Gasteiger partial charge in [0, 0.05) is 0 Å². The van der Waals surface area contributed by atoms with Crippen molar-refractivity contribution in [3.05, 3.63) is 0 Å². The molecule has 0 aromatic heterocycles. The molecule has 18 heavy (non-hydrogen) atoms. The van der Waals surface area contributed by atoms with E-state index < -0.39 is 0 Å². The lowest BCUT2D eigenvalue weighted by Crippen LogP contribution is -2.10. The topological polar surface area (TPSA) is 0 Å². The SMILES string of the molecule is CCCCC(C)CCCC(CCC(C)C)C(C)C. The van der Waals surface area contributed by atoms with Crippen molar-refractivity contribution in [2.75, 3.05) is 0 Å². The Kier molecular flexibility index (Phi) is 10.9. The molecule has 0 radical (unpaired) electrons. The van der Waals surface area contributed by atoms with E-state index in [0.29, 0.717) is 0 Å². The molecule has 0 N–H and O–H groups in total. The fourth-order valence-corrected chi connectivity index (χ4v) is 2.78. The molecule has 0 amide bonds. The first-order valence-corrected chi connectivity index (χ1v) is 8.47. The summed E-state index contributed by atoms with van der Waals surface area (Å²) in [6, 6.07) is 0. The molecule has 0 saturated carbocycles. The zero-order chi connectivity index (χ0) is 14.0. The number of hydrogen-bond acceptors (Lipinski definition) is 0. The van der Waals surface area contributed by atoms with Crippen molar-refractivity contribution in [3.8, 4) is 0 Å². The molecule has 0 aliphatic carbocycles. The van der Waals surface area contributed by atoms with Crippen LogP contribution in [-0.4, -0.2) is 0 Å². The molecule has 0 aliphatic heterocycles. The quantitative estimate of drug-likeness (QED) is 0.385. The van der Waals surface area contributed by atoms with Gasteiger partial charge >= 0.3 is 0 Å². The Morgan fingerprint density at radius 2 is 1.28 bits per heavy atom. The van der Waals surface area contributed by atoms with Gasteiger partial charge in [-0.2, -0.15) is 0 Å². The van der Waals surface area contributed by atoms with Crippen LogP contribution < -0.4 is 0 Å². The van der Waals surface area contributed by atoms with Crippen LogP contribution in [0.3, 0.4) is 0 Å². The van der Waals surface area contributed by atoms with Crippen LogP contribution in [0.1, 0.15) is 92.9 Å². The largest absolute Gasteiger partial charge is 0.0654 e. The Balaban J connectivity index is 3.75. The molecule has 0 fully saturated rings. The van der Waals surface area contributed by atoms with Gasteiger partial charge in [0.1, 0.15) is 0 Å². The van der Waals surface area contributed by atoms with Crippen LogP contribution in [0, 0.1) is 23.7 Å². The third-order valence-corrected chi connectivity index (χ3v) is 4.38. The molecule has 0 bridgehead atoms. The van der Waals surface area contributed by atoms with Crippen LogP contribution in [0.2, 0.25) is 0 Å². The Hall–Kier alpha value is 0. The molecule has 0 rings (SSSR count). The maximum atomic E-state index is 2.44. The lowest BCUT2D eigenvalue weighted by molar-refractivity contribution is 0.294. The van der Waals surface area contributed by atoms with E-state index in [1.807, 2.05) is 0 Å². The molecule has 110 valence electrons. The van der Waals surface area contributed by atoms with E-state index in [-0.39, 0.29) is 0 Å². The van der Waals surface area contributed by atoms with E-state index in [1.54, 1.807) is 0 Å². The molecule has 0 aromatic rings. The Morgan fingerprint density at radius 1 is 0.667 bits per heavy atom. The van der Waals surface area contributed by atoms with Gasteiger partial charge in [-0.15, -0.1) is 0 Å². The molecular weight excluding hydrogens is 216 g/mol. The summed E-state index contributed by atoms with van der Waals surface area (Å²) < 4.78 is 0. The van der Waals surface area contributed by atoms with Crippen molar-refractivity contribution in [2.45, 2.75) is 92.9 Å². The van der Waals surface area contributed by atoms with Gasteiger partial charge in [-0.3, -0.25) is 0 Å². The summed E-state index contributed by atoms with van der Waals surface area (Å²) in [4.78, 5) is 0.